The highest BCUT2D eigenvalue weighted by Gasteiger charge is 2.09. The first-order valence-corrected chi connectivity index (χ1v) is 7.96. The molecule has 26 heavy (non-hydrogen) atoms. The average molecular weight is 357 g/mol. The third-order valence-corrected chi connectivity index (χ3v) is 3.50. The van der Waals surface area contributed by atoms with E-state index in [0.29, 0.717) is 0 Å². The van der Waals surface area contributed by atoms with Crippen molar-refractivity contribution in [2.75, 3.05) is 7.11 Å². The van der Waals surface area contributed by atoms with Crippen LogP contribution in [0.1, 0.15) is 23.6 Å². The van der Waals surface area contributed by atoms with Crippen molar-refractivity contribution in [2.45, 2.75) is 19.0 Å². The molecule has 0 spiro atoms. The van der Waals surface area contributed by atoms with Crippen LogP contribution in [0.15, 0.2) is 67.3 Å². The van der Waals surface area contributed by atoms with Crippen LogP contribution >= 0.6 is 0 Å². The van der Waals surface area contributed by atoms with Gasteiger partial charge in [-0.1, -0.05) is 48.5 Å². The van der Waals surface area contributed by atoms with E-state index in [-0.39, 0.29) is 6.04 Å². The first-order chi connectivity index (χ1) is 12.5. The molecule has 0 aliphatic rings. The van der Waals surface area contributed by atoms with Crippen LogP contribution in [0.5, 0.6) is 5.75 Å². The van der Waals surface area contributed by atoms with E-state index in [0.717, 1.165) is 18.7 Å². The molecule has 1 atom stereocenters. The number of nitrogens with one attached hydrogen (secondary N) is 1. The van der Waals surface area contributed by atoms with Gasteiger partial charge in [-0.15, -0.1) is 6.58 Å². The number of carbonyl (C=O) groups is 2. The number of ether oxygens (including phenoxy) is 1. The van der Waals surface area contributed by atoms with Crippen molar-refractivity contribution in [3.8, 4) is 5.75 Å². The predicted octanol–water partition coefficient (Wildman–Crippen LogP) is 3.26. The van der Waals surface area contributed by atoms with Crippen LogP contribution in [0.25, 0.3) is 0 Å². The van der Waals surface area contributed by atoms with Gasteiger partial charge in [-0.3, -0.25) is 0 Å². The summed E-state index contributed by atoms with van der Waals surface area (Å²) in [6.45, 7) is 4.70. The monoisotopic (exact) mass is 357 g/mol. The zero-order chi connectivity index (χ0) is 19.4. The Kier molecular flexibility index (Phi) is 9.20. The molecule has 6 heteroatoms. The molecule has 2 aromatic rings. The number of rotatable bonds is 7. The number of methoxy groups -OCH3 is 1. The summed E-state index contributed by atoms with van der Waals surface area (Å²) in [4.78, 5) is 18.2. The molecule has 0 radical (unpaired) electrons. The molecule has 0 aliphatic carbocycles. The molecule has 2 aromatic carbocycles. The van der Waals surface area contributed by atoms with Gasteiger partial charge in [-0.2, -0.15) is 0 Å². The molecule has 0 saturated heterocycles. The maximum atomic E-state index is 9.10. The van der Waals surface area contributed by atoms with Gasteiger partial charge in [0.15, 0.2) is 0 Å². The van der Waals surface area contributed by atoms with Gasteiger partial charge < -0.3 is 20.3 Å². The molecule has 2 rings (SSSR count). The zero-order valence-corrected chi connectivity index (χ0v) is 14.6. The van der Waals surface area contributed by atoms with E-state index in [4.69, 9.17) is 24.5 Å². The topological polar surface area (TPSA) is 95.9 Å². The SMILES string of the molecule is C=CCC(NCc1ccccc1)c1ccc(OC)cc1.O=C(O)C(=O)O. The lowest BCUT2D eigenvalue weighted by atomic mass is 10.0. The van der Waals surface area contributed by atoms with Gasteiger partial charge in [0.05, 0.1) is 7.11 Å². The second-order valence-electron chi connectivity index (χ2n) is 5.33. The van der Waals surface area contributed by atoms with Crippen LogP contribution in [-0.2, 0) is 16.1 Å². The van der Waals surface area contributed by atoms with Gasteiger partial charge in [0.25, 0.3) is 0 Å². The van der Waals surface area contributed by atoms with E-state index in [1.807, 2.05) is 24.3 Å². The lowest BCUT2D eigenvalue weighted by Crippen LogP contribution is -2.20. The molecule has 0 aromatic heterocycles. The van der Waals surface area contributed by atoms with Gasteiger partial charge >= 0.3 is 11.9 Å². The van der Waals surface area contributed by atoms with E-state index in [1.54, 1.807) is 7.11 Å². The Balaban J connectivity index is 0.000000487. The van der Waals surface area contributed by atoms with Crippen LogP contribution in [0.4, 0.5) is 0 Å². The van der Waals surface area contributed by atoms with Crippen molar-refractivity contribution in [1.29, 1.82) is 0 Å². The predicted molar refractivity (Wildman–Crippen MR) is 99.1 cm³/mol. The Morgan fingerprint density at radius 1 is 1.08 bits per heavy atom. The fourth-order valence-electron chi connectivity index (χ4n) is 2.18. The van der Waals surface area contributed by atoms with Crippen LogP contribution in [0.2, 0.25) is 0 Å². The summed E-state index contributed by atoms with van der Waals surface area (Å²) in [6.07, 6.45) is 2.85. The minimum atomic E-state index is -1.82. The van der Waals surface area contributed by atoms with Crippen LogP contribution < -0.4 is 10.1 Å². The number of hydrogen-bond donors (Lipinski definition) is 3. The highest BCUT2D eigenvalue weighted by atomic mass is 16.5. The molecule has 1 unspecified atom stereocenters. The lowest BCUT2D eigenvalue weighted by molar-refractivity contribution is -0.159. The smallest absolute Gasteiger partial charge is 0.414 e. The molecular formula is C20H23NO5. The van der Waals surface area contributed by atoms with E-state index < -0.39 is 11.9 Å². The minimum Gasteiger partial charge on any atom is -0.497 e. The van der Waals surface area contributed by atoms with Gasteiger partial charge in [0.2, 0.25) is 0 Å². The van der Waals surface area contributed by atoms with E-state index in [1.165, 1.54) is 11.1 Å². The Labute approximate surface area is 152 Å². The number of benzene rings is 2. The summed E-state index contributed by atoms with van der Waals surface area (Å²) in [5, 5.41) is 18.4. The van der Waals surface area contributed by atoms with Gasteiger partial charge in [0, 0.05) is 12.6 Å². The fraction of sp³-hybridized carbons (Fsp3) is 0.200. The highest BCUT2D eigenvalue weighted by molar-refractivity contribution is 6.27. The van der Waals surface area contributed by atoms with Crippen molar-refractivity contribution in [3.63, 3.8) is 0 Å². The summed E-state index contributed by atoms with van der Waals surface area (Å²) >= 11 is 0. The zero-order valence-electron chi connectivity index (χ0n) is 14.6. The maximum Gasteiger partial charge on any atom is 0.414 e. The van der Waals surface area contributed by atoms with Crippen LogP contribution in [0, 0.1) is 0 Å². The molecule has 138 valence electrons. The Morgan fingerprint density at radius 2 is 1.65 bits per heavy atom. The first-order valence-electron chi connectivity index (χ1n) is 7.96. The summed E-state index contributed by atoms with van der Waals surface area (Å²) in [5.41, 5.74) is 2.54. The molecule has 6 nitrogen and oxygen atoms in total. The number of carboxylic acid groups (broad SMARTS) is 2. The lowest BCUT2D eigenvalue weighted by Gasteiger charge is -2.18. The fourth-order valence-corrected chi connectivity index (χ4v) is 2.18. The van der Waals surface area contributed by atoms with Crippen LogP contribution in [-0.4, -0.2) is 29.3 Å². The summed E-state index contributed by atoms with van der Waals surface area (Å²) < 4.78 is 5.20. The summed E-state index contributed by atoms with van der Waals surface area (Å²) in [7, 11) is 1.68. The summed E-state index contributed by atoms with van der Waals surface area (Å²) in [5.74, 6) is -2.76. The van der Waals surface area contributed by atoms with Gasteiger partial charge in [0.1, 0.15) is 5.75 Å². The minimum absolute atomic E-state index is 0.276. The standard InChI is InChI=1S/C18H21NO.C2H2O4/c1-3-7-18(16-10-12-17(20-2)13-11-16)19-14-15-8-5-4-6-9-15;3-1(4)2(5)6/h3-6,8-13,18-19H,1,7,14H2,2H3;(H,3,4)(H,5,6). The average Bonchev–Trinajstić information content (AvgIpc) is 2.66. The van der Waals surface area contributed by atoms with Crippen molar-refractivity contribution in [1.82, 2.24) is 5.32 Å². The van der Waals surface area contributed by atoms with E-state index in [2.05, 4.69) is 48.3 Å². The molecule has 0 heterocycles. The summed E-state index contributed by atoms with van der Waals surface area (Å²) in [6, 6.07) is 18.9. The normalized spacial score (nSPS) is 10.8. The van der Waals surface area contributed by atoms with Crippen molar-refractivity contribution >= 4 is 11.9 Å². The van der Waals surface area contributed by atoms with Crippen LogP contribution in [0.3, 0.4) is 0 Å². The Bertz CT molecular complexity index is 686. The van der Waals surface area contributed by atoms with Gasteiger partial charge in [-0.25, -0.2) is 9.59 Å². The van der Waals surface area contributed by atoms with Crippen molar-refractivity contribution in [2.24, 2.45) is 0 Å². The number of aliphatic carboxylic acids is 2. The number of carboxylic acids is 2. The second kappa shape index (κ2) is 11.4. The quantitative estimate of drug-likeness (QED) is 0.520. The largest absolute Gasteiger partial charge is 0.497 e. The highest BCUT2D eigenvalue weighted by Crippen LogP contribution is 2.21. The molecule has 0 saturated carbocycles. The first kappa shape index (κ1) is 20.9. The molecule has 0 aliphatic heterocycles. The van der Waals surface area contributed by atoms with Crippen molar-refractivity contribution < 1.29 is 24.5 Å². The molecule has 3 N–H and O–H groups in total. The van der Waals surface area contributed by atoms with Gasteiger partial charge in [-0.05, 0) is 29.7 Å². The van der Waals surface area contributed by atoms with E-state index in [9.17, 15) is 0 Å². The second-order valence-corrected chi connectivity index (χ2v) is 5.33. The maximum absolute atomic E-state index is 9.10. The Hall–Kier alpha value is -3.12. The molecule has 0 fully saturated rings. The molecular weight excluding hydrogens is 334 g/mol. The third-order valence-electron chi connectivity index (χ3n) is 3.50. The third kappa shape index (κ3) is 7.63. The van der Waals surface area contributed by atoms with E-state index >= 15 is 0 Å². The molecule has 0 amide bonds. The molecule has 0 bridgehead atoms. The number of hydrogen-bond acceptors (Lipinski definition) is 4. The Morgan fingerprint density at radius 3 is 2.12 bits per heavy atom. The van der Waals surface area contributed by atoms with Crippen molar-refractivity contribution in [3.05, 3.63) is 78.4 Å².